The van der Waals surface area contributed by atoms with Crippen molar-refractivity contribution >= 4 is 23.5 Å². The fourth-order valence-electron chi connectivity index (χ4n) is 2.56. The highest BCUT2D eigenvalue weighted by Gasteiger charge is 2.34. The second-order valence-electron chi connectivity index (χ2n) is 4.75. The van der Waals surface area contributed by atoms with E-state index >= 15 is 0 Å². The van der Waals surface area contributed by atoms with E-state index in [9.17, 15) is 4.79 Å². The molecule has 0 saturated heterocycles. The summed E-state index contributed by atoms with van der Waals surface area (Å²) in [4.78, 5) is 13.6. The Morgan fingerprint density at radius 1 is 1.30 bits per heavy atom. The lowest BCUT2D eigenvalue weighted by molar-refractivity contribution is -0.557. The van der Waals surface area contributed by atoms with Crippen LogP contribution in [-0.2, 0) is 16.0 Å². The van der Waals surface area contributed by atoms with Gasteiger partial charge >= 0.3 is 5.97 Å². The van der Waals surface area contributed by atoms with Crippen LogP contribution in [0, 0.1) is 0 Å². The normalized spacial score (nSPS) is 15.2. The summed E-state index contributed by atoms with van der Waals surface area (Å²) in [6.45, 7) is 0.835. The smallest absolute Gasteiger partial charge is 0.380 e. The molecule has 0 bridgehead atoms. The van der Waals surface area contributed by atoms with Gasteiger partial charge in [-0.3, -0.25) is 0 Å². The molecule has 1 atom stereocenters. The largest absolute Gasteiger partial charge is 0.464 e. The first-order valence-electron chi connectivity index (χ1n) is 6.59. The number of nitrogens with zero attached hydrogens (tertiary/aromatic N) is 1. The van der Waals surface area contributed by atoms with Gasteiger partial charge in [-0.1, -0.05) is 30.3 Å². The molecule has 1 aliphatic heterocycles. The summed E-state index contributed by atoms with van der Waals surface area (Å²) in [6.07, 6.45) is 3.05. The average Bonchev–Trinajstić information content (AvgIpc) is 2.96. The van der Waals surface area contributed by atoms with Gasteiger partial charge in [0.05, 0.1) is 12.7 Å². The maximum atomic E-state index is 12.2. The van der Waals surface area contributed by atoms with E-state index in [1.807, 2.05) is 30.3 Å². The van der Waals surface area contributed by atoms with E-state index in [1.54, 1.807) is 11.3 Å². The second-order valence-corrected chi connectivity index (χ2v) is 5.75. The van der Waals surface area contributed by atoms with Crippen LogP contribution in [0.2, 0.25) is 0 Å². The van der Waals surface area contributed by atoms with Crippen LogP contribution >= 0.6 is 11.3 Å². The first kappa shape index (κ1) is 13.1. The van der Waals surface area contributed by atoms with Gasteiger partial charge in [0.2, 0.25) is 0 Å². The van der Waals surface area contributed by atoms with Crippen molar-refractivity contribution in [2.75, 3.05) is 13.7 Å². The molecule has 0 radical (unpaired) electrons. The Morgan fingerprint density at radius 2 is 2.10 bits per heavy atom. The fourth-order valence-corrected chi connectivity index (χ4v) is 3.40. The van der Waals surface area contributed by atoms with Gasteiger partial charge < -0.3 is 4.74 Å². The van der Waals surface area contributed by atoms with Crippen molar-refractivity contribution in [3.05, 3.63) is 57.8 Å². The molecule has 2 aromatic rings. The number of hydrogen-bond donors (Lipinski definition) is 0. The summed E-state index contributed by atoms with van der Waals surface area (Å²) in [6, 6.07) is 11.5. The van der Waals surface area contributed by atoms with Gasteiger partial charge in [0.15, 0.2) is 6.21 Å². The molecule has 4 heteroatoms. The topological polar surface area (TPSA) is 29.3 Å². The zero-order valence-corrected chi connectivity index (χ0v) is 12.1. The maximum absolute atomic E-state index is 12.2. The van der Waals surface area contributed by atoms with Gasteiger partial charge in [-0.2, -0.15) is 0 Å². The molecule has 102 valence electrons. The van der Waals surface area contributed by atoms with Gasteiger partial charge in [0.25, 0.3) is 6.04 Å². The predicted molar refractivity (Wildman–Crippen MR) is 79.5 cm³/mol. The van der Waals surface area contributed by atoms with Crippen molar-refractivity contribution in [1.82, 2.24) is 0 Å². The number of carbonyl (C=O) groups is 1. The van der Waals surface area contributed by atoms with Gasteiger partial charge in [-0.25, -0.2) is 9.37 Å². The Bertz CT molecular complexity index is 646. The minimum Gasteiger partial charge on any atom is -0.464 e. The Hall–Kier alpha value is -1.94. The van der Waals surface area contributed by atoms with E-state index in [2.05, 4.69) is 22.2 Å². The van der Waals surface area contributed by atoms with Crippen LogP contribution in [0.15, 0.2) is 41.8 Å². The van der Waals surface area contributed by atoms with Gasteiger partial charge in [-0.05, 0) is 11.4 Å². The van der Waals surface area contributed by atoms with Crippen molar-refractivity contribution in [3.8, 4) is 0 Å². The van der Waals surface area contributed by atoms with Crippen LogP contribution in [0.5, 0.6) is 0 Å². The Kier molecular flexibility index (Phi) is 3.65. The number of ether oxygens (including phenoxy) is 1. The molecule has 2 heterocycles. The number of fused-ring (bicyclic) bond motifs is 1. The van der Waals surface area contributed by atoms with E-state index in [4.69, 9.17) is 4.74 Å². The number of methoxy groups -OCH3 is 1. The highest BCUT2D eigenvalue weighted by atomic mass is 32.1. The number of hydrogen-bond acceptors (Lipinski definition) is 3. The van der Waals surface area contributed by atoms with E-state index in [1.165, 1.54) is 17.6 Å². The molecule has 0 amide bonds. The predicted octanol–water partition coefficient (Wildman–Crippen LogP) is 2.65. The lowest BCUT2D eigenvalue weighted by Gasteiger charge is -2.17. The molecule has 0 spiro atoms. The van der Waals surface area contributed by atoms with Crippen molar-refractivity contribution in [2.24, 2.45) is 0 Å². The third kappa shape index (κ3) is 2.39. The molecular formula is C16H16NO2S+. The Balaban J connectivity index is 2.01. The van der Waals surface area contributed by atoms with Crippen molar-refractivity contribution in [3.63, 3.8) is 0 Å². The molecule has 1 unspecified atom stereocenters. The SMILES string of the molecule is COC(=O)C(c1ccccc1)[N+]1=Cc2ccsc2CC1. The summed E-state index contributed by atoms with van der Waals surface area (Å²) >= 11 is 1.77. The van der Waals surface area contributed by atoms with Crippen LogP contribution in [0.1, 0.15) is 22.0 Å². The minimum atomic E-state index is -0.366. The molecule has 0 fully saturated rings. The summed E-state index contributed by atoms with van der Waals surface area (Å²) < 4.78 is 7.07. The summed E-state index contributed by atoms with van der Waals surface area (Å²) in [5, 5.41) is 2.10. The minimum absolute atomic E-state index is 0.217. The summed E-state index contributed by atoms with van der Waals surface area (Å²) in [5.41, 5.74) is 2.18. The monoisotopic (exact) mass is 286 g/mol. The van der Waals surface area contributed by atoms with E-state index in [0.29, 0.717) is 0 Å². The summed E-state index contributed by atoms with van der Waals surface area (Å²) in [7, 11) is 1.44. The highest BCUT2D eigenvalue weighted by Crippen LogP contribution is 2.24. The van der Waals surface area contributed by atoms with Crippen molar-refractivity contribution < 1.29 is 14.1 Å². The molecular weight excluding hydrogens is 270 g/mol. The van der Waals surface area contributed by atoms with Crippen molar-refractivity contribution in [1.29, 1.82) is 0 Å². The van der Waals surface area contributed by atoms with Crippen molar-refractivity contribution in [2.45, 2.75) is 12.5 Å². The van der Waals surface area contributed by atoms with Gasteiger partial charge in [0.1, 0.15) is 6.54 Å². The quantitative estimate of drug-likeness (QED) is 0.641. The molecule has 1 aliphatic rings. The number of carbonyl (C=O) groups excluding carboxylic acids is 1. The highest BCUT2D eigenvalue weighted by molar-refractivity contribution is 7.10. The first-order chi connectivity index (χ1) is 9.79. The van der Waals surface area contributed by atoms with Gasteiger partial charge in [0, 0.05) is 16.9 Å². The number of rotatable bonds is 3. The number of esters is 1. The Morgan fingerprint density at radius 3 is 2.85 bits per heavy atom. The molecule has 0 N–H and O–H groups in total. The molecule has 20 heavy (non-hydrogen) atoms. The Labute approximate surface area is 122 Å². The van der Waals surface area contributed by atoms with E-state index < -0.39 is 0 Å². The molecule has 0 aliphatic carbocycles. The standard InChI is InChI=1S/C16H16NO2S/c1-19-16(18)15(12-5-3-2-4-6-12)17-9-7-14-13(11-17)8-10-20-14/h2-6,8,10-11,15H,7,9H2,1H3/q+1. The number of benzene rings is 1. The average molecular weight is 286 g/mol. The lowest BCUT2D eigenvalue weighted by Crippen LogP contribution is -2.32. The lowest BCUT2D eigenvalue weighted by atomic mass is 10.0. The summed E-state index contributed by atoms with van der Waals surface area (Å²) in [5.74, 6) is -0.217. The molecule has 3 nitrogen and oxygen atoms in total. The van der Waals surface area contributed by atoms with Gasteiger partial charge in [-0.15, -0.1) is 11.3 Å². The third-order valence-electron chi connectivity index (χ3n) is 3.55. The molecule has 1 aromatic heterocycles. The molecule has 0 saturated carbocycles. The zero-order chi connectivity index (χ0) is 13.9. The maximum Gasteiger partial charge on any atom is 0.380 e. The number of thiophene rings is 1. The fraction of sp³-hybridized carbons (Fsp3) is 0.250. The van der Waals surface area contributed by atoms with E-state index in [0.717, 1.165) is 18.5 Å². The van der Waals surface area contributed by atoms with Crippen LogP contribution in [0.25, 0.3) is 0 Å². The third-order valence-corrected chi connectivity index (χ3v) is 4.55. The van der Waals surface area contributed by atoms with E-state index in [-0.39, 0.29) is 12.0 Å². The van der Waals surface area contributed by atoms with Crippen LogP contribution in [-0.4, -0.2) is 30.4 Å². The van der Waals surface area contributed by atoms with Crippen LogP contribution in [0.3, 0.4) is 0 Å². The van der Waals surface area contributed by atoms with Crippen LogP contribution < -0.4 is 0 Å². The molecule has 3 rings (SSSR count). The zero-order valence-electron chi connectivity index (χ0n) is 11.3. The first-order valence-corrected chi connectivity index (χ1v) is 7.47. The second kappa shape index (κ2) is 5.59. The van der Waals surface area contributed by atoms with Crippen LogP contribution in [0.4, 0.5) is 0 Å². The molecule has 1 aromatic carbocycles.